The molecule has 0 radical (unpaired) electrons. The van der Waals surface area contributed by atoms with Crippen LogP contribution >= 0.6 is 63.7 Å². The van der Waals surface area contributed by atoms with Gasteiger partial charge in [0.05, 0.1) is 0 Å². The first-order valence-electron chi connectivity index (χ1n) is 21.6. The van der Waals surface area contributed by atoms with Crippen molar-refractivity contribution < 1.29 is 40.9 Å². The summed E-state index contributed by atoms with van der Waals surface area (Å²) < 4.78 is 0.321. The SMILES string of the molecule is CCCCCC1c2cc(c(O)c(Br)c2O)C(CCCCC)c2cc(c(O)c(Br)c2O)C(CCCCC)c2cc(c(O)c(Br)c2O)C(CCCCC)c2cc1c(O)c(Br)c2O. The van der Waals surface area contributed by atoms with Crippen molar-refractivity contribution >= 4 is 63.7 Å². The molecule has 1 aliphatic carbocycles. The first-order valence-corrected chi connectivity index (χ1v) is 24.8. The van der Waals surface area contributed by atoms with Gasteiger partial charge in [0.2, 0.25) is 0 Å². The summed E-state index contributed by atoms with van der Waals surface area (Å²) in [5.41, 5.74) is 3.61. The Morgan fingerprint density at radius 1 is 0.300 bits per heavy atom. The van der Waals surface area contributed by atoms with Crippen molar-refractivity contribution in [3.8, 4) is 46.0 Å². The molecule has 0 unspecified atom stereocenters. The van der Waals surface area contributed by atoms with E-state index in [1.165, 1.54) is 0 Å². The third-order valence-electron chi connectivity index (χ3n) is 12.5. The zero-order valence-electron chi connectivity index (χ0n) is 35.0. The fourth-order valence-electron chi connectivity index (χ4n) is 9.11. The Balaban J connectivity index is 2.03. The summed E-state index contributed by atoms with van der Waals surface area (Å²) in [4.78, 5) is 0. The summed E-state index contributed by atoms with van der Waals surface area (Å²) in [6.45, 7) is 8.40. The molecule has 0 aliphatic heterocycles. The van der Waals surface area contributed by atoms with E-state index in [9.17, 15) is 40.9 Å². The monoisotopic (exact) mass is 1080 g/mol. The van der Waals surface area contributed by atoms with Crippen molar-refractivity contribution in [3.05, 3.63) is 86.7 Å². The van der Waals surface area contributed by atoms with E-state index >= 15 is 0 Å². The zero-order chi connectivity index (χ0) is 44.0. The minimum atomic E-state index is -0.627. The van der Waals surface area contributed by atoms with Crippen molar-refractivity contribution in [3.63, 3.8) is 0 Å². The highest BCUT2D eigenvalue weighted by atomic mass is 79.9. The standard InChI is InChI=1S/C48H60Br4O8/c1-5-9-13-17-25-29-21-31(43(55)37(49)41(29)53)26(18-14-10-6-2)33-23-35(47(59)39(51)45(33)57)28(20-16-12-8-4)36-24-34(46(58)40(52)48(36)60)27(19-15-11-7-3)32-22-30(25)42(54)38(50)44(32)56/h21-28,53-60H,5-20H2,1-4H3. The number of phenolic OH excluding ortho intramolecular Hbond substituents is 8. The second-order valence-electron chi connectivity index (χ2n) is 16.5. The Labute approximate surface area is 388 Å². The molecule has 0 spiro atoms. The Bertz CT molecular complexity index is 1740. The molecule has 0 aromatic heterocycles. The van der Waals surface area contributed by atoms with Crippen LogP contribution in [0.2, 0.25) is 0 Å². The molecule has 5 rings (SSSR count). The van der Waals surface area contributed by atoms with Gasteiger partial charge in [-0.1, -0.05) is 105 Å². The van der Waals surface area contributed by atoms with Gasteiger partial charge in [-0.25, -0.2) is 0 Å². The van der Waals surface area contributed by atoms with Crippen molar-refractivity contribution in [1.29, 1.82) is 0 Å². The Hall–Kier alpha value is -2.80. The van der Waals surface area contributed by atoms with Crippen LogP contribution in [0.15, 0.2) is 42.2 Å². The van der Waals surface area contributed by atoms with E-state index in [-0.39, 0.29) is 63.9 Å². The molecule has 1 aliphatic rings. The molecule has 8 bridgehead atoms. The van der Waals surface area contributed by atoms with Gasteiger partial charge in [0.15, 0.2) is 0 Å². The van der Waals surface area contributed by atoms with E-state index in [1.807, 2.05) is 0 Å². The fourth-order valence-corrected chi connectivity index (χ4v) is 10.9. The quantitative estimate of drug-likeness (QED) is 0.0515. The number of fused-ring (bicyclic) bond motifs is 8. The van der Waals surface area contributed by atoms with Crippen molar-refractivity contribution in [2.45, 2.75) is 154 Å². The zero-order valence-corrected chi connectivity index (χ0v) is 41.4. The Kier molecular flexibility index (Phi) is 17.3. The molecular formula is C48H60Br4O8. The van der Waals surface area contributed by atoms with Crippen molar-refractivity contribution in [2.24, 2.45) is 0 Å². The number of aromatic hydroxyl groups is 8. The molecule has 4 aromatic carbocycles. The predicted molar refractivity (Wildman–Crippen MR) is 254 cm³/mol. The molecule has 0 amide bonds. The molecule has 0 saturated carbocycles. The van der Waals surface area contributed by atoms with Crippen molar-refractivity contribution in [1.82, 2.24) is 0 Å². The van der Waals surface area contributed by atoms with Crippen LogP contribution < -0.4 is 0 Å². The molecule has 4 aromatic rings. The summed E-state index contributed by atoms with van der Waals surface area (Å²) in [6, 6.07) is 7.12. The summed E-state index contributed by atoms with van der Waals surface area (Å²) >= 11 is 14.1. The van der Waals surface area contributed by atoms with Gasteiger partial charge in [-0.05, 0) is 114 Å². The van der Waals surface area contributed by atoms with Crippen LogP contribution in [0, 0.1) is 0 Å². The minimum absolute atomic E-state index is 0.0803. The fraction of sp³-hybridized carbons (Fsp3) is 0.500. The van der Waals surface area contributed by atoms with E-state index < -0.39 is 23.7 Å². The maximum atomic E-state index is 12.0. The lowest BCUT2D eigenvalue weighted by Crippen LogP contribution is -2.12. The predicted octanol–water partition coefficient (Wildman–Crippen LogP) is 15.5. The van der Waals surface area contributed by atoms with Crippen LogP contribution in [0.1, 0.15) is 199 Å². The number of phenols is 8. The van der Waals surface area contributed by atoms with E-state index in [1.54, 1.807) is 24.3 Å². The normalized spacial score (nSPS) is 17.6. The average molecular weight is 1080 g/mol. The summed E-state index contributed by atoms with van der Waals surface area (Å²) in [5, 5.41) is 95.9. The molecule has 0 atom stereocenters. The number of benzene rings is 4. The van der Waals surface area contributed by atoms with E-state index in [0.717, 1.165) is 77.0 Å². The highest BCUT2D eigenvalue weighted by Gasteiger charge is 2.36. The first kappa shape index (κ1) is 48.2. The molecule has 0 saturated heterocycles. The Morgan fingerprint density at radius 2 is 0.450 bits per heavy atom. The van der Waals surface area contributed by atoms with Gasteiger partial charge in [0.25, 0.3) is 0 Å². The van der Waals surface area contributed by atoms with Crippen LogP contribution in [0.5, 0.6) is 46.0 Å². The molecule has 12 heteroatoms. The van der Waals surface area contributed by atoms with E-state index in [4.69, 9.17) is 0 Å². The van der Waals surface area contributed by atoms with Crippen molar-refractivity contribution in [2.75, 3.05) is 0 Å². The number of halogens is 4. The van der Waals surface area contributed by atoms with Gasteiger partial charge in [-0.15, -0.1) is 0 Å². The average Bonchev–Trinajstić information content (AvgIpc) is 3.23. The Morgan fingerprint density at radius 3 is 0.583 bits per heavy atom. The van der Waals surface area contributed by atoms with Crippen LogP contribution in [0.4, 0.5) is 0 Å². The summed E-state index contributed by atoms with van der Waals surface area (Å²) in [6.07, 6.45) is 12.2. The van der Waals surface area contributed by atoms with Gasteiger partial charge in [0.1, 0.15) is 63.9 Å². The number of rotatable bonds is 16. The van der Waals surface area contributed by atoms with Crippen LogP contribution in [-0.2, 0) is 0 Å². The summed E-state index contributed by atoms with van der Waals surface area (Å²) in [5.74, 6) is -4.00. The second kappa shape index (κ2) is 21.5. The van der Waals surface area contributed by atoms with Gasteiger partial charge >= 0.3 is 0 Å². The van der Waals surface area contributed by atoms with E-state index in [0.29, 0.717) is 70.2 Å². The number of unbranched alkanes of at least 4 members (excludes halogenated alkanes) is 8. The maximum absolute atomic E-state index is 12.0. The lowest BCUT2D eigenvalue weighted by molar-refractivity contribution is 0.413. The topological polar surface area (TPSA) is 162 Å². The van der Waals surface area contributed by atoms with Crippen LogP contribution in [0.25, 0.3) is 0 Å². The van der Waals surface area contributed by atoms with Gasteiger partial charge < -0.3 is 40.9 Å². The van der Waals surface area contributed by atoms with Crippen LogP contribution in [-0.4, -0.2) is 40.9 Å². The van der Waals surface area contributed by atoms with Gasteiger partial charge in [0, 0.05) is 68.2 Å². The molecule has 0 heterocycles. The number of hydrogen-bond donors (Lipinski definition) is 8. The highest BCUT2D eigenvalue weighted by Crippen LogP contribution is 2.57. The molecular weight excluding hydrogens is 1020 g/mol. The van der Waals surface area contributed by atoms with Gasteiger partial charge in [-0.2, -0.15) is 0 Å². The lowest BCUT2D eigenvalue weighted by Gasteiger charge is -2.30. The molecule has 8 N–H and O–H groups in total. The summed E-state index contributed by atoms with van der Waals surface area (Å²) in [7, 11) is 0. The third-order valence-corrected chi connectivity index (χ3v) is 15.5. The van der Waals surface area contributed by atoms with Gasteiger partial charge in [-0.3, -0.25) is 0 Å². The number of hydrogen-bond acceptors (Lipinski definition) is 8. The lowest BCUT2D eigenvalue weighted by atomic mass is 9.76. The first-order chi connectivity index (χ1) is 28.7. The largest absolute Gasteiger partial charge is 0.506 e. The third kappa shape index (κ3) is 9.71. The molecule has 0 fully saturated rings. The van der Waals surface area contributed by atoms with Crippen LogP contribution in [0.3, 0.4) is 0 Å². The second-order valence-corrected chi connectivity index (χ2v) is 19.6. The highest BCUT2D eigenvalue weighted by molar-refractivity contribution is 9.11. The smallest absolute Gasteiger partial charge is 0.137 e. The minimum Gasteiger partial charge on any atom is -0.506 e. The molecule has 328 valence electrons. The van der Waals surface area contributed by atoms with E-state index in [2.05, 4.69) is 91.4 Å². The molecule has 60 heavy (non-hydrogen) atoms. The molecule has 8 nitrogen and oxygen atoms in total. The maximum Gasteiger partial charge on any atom is 0.137 e.